The Hall–Kier alpha value is -5.42. The summed E-state index contributed by atoms with van der Waals surface area (Å²) >= 11 is 0. The highest BCUT2D eigenvalue weighted by molar-refractivity contribution is 5.91. The minimum Gasteiger partial charge on any atom is -0.459 e. The van der Waals surface area contributed by atoms with Gasteiger partial charge in [0.2, 0.25) is 0 Å². The highest BCUT2D eigenvalue weighted by atomic mass is 16.7. The largest absolute Gasteiger partial charge is 0.459 e. The molecule has 0 N–H and O–H groups in total. The minimum atomic E-state index is -1.65. The average Bonchev–Trinajstić information content (AvgIpc) is 3.60. The minimum absolute atomic E-state index is 0.282. The van der Waals surface area contributed by atoms with Crippen molar-refractivity contribution in [2.45, 2.75) is 37.9 Å². The van der Waals surface area contributed by atoms with Gasteiger partial charge in [-0.1, -0.05) is 54.6 Å². The van der Waals surface area contributed by atoms with Crippen molar-refractivity contribution >= 4 is 29.1 Å². The molecule has 3 heterocycles. The summed E-state index contributed by atoms with van der Waals surface area (Å²) in [5.41, 5.74) is 0.829. The molecule has 11 heteroatoms. The molecular weight excluding hydrogens is 564 g/mol. The van der Waals surface area contributed by atoms with Gasteiger partial charge in [-0.15, -0.1) is 0 Å². The molecular formula is C33H28N4O7. The summed E-state index contributed by atoms with van der Waals surface area (Å²) in [4.78, 5) is 52.9. The molecule has 2 aromatic heterocycles. The molecule has 0 radical (unpaired) electrons. The molecule has 6 rings (SSSR count). The van der Waals surface area contributed by atoms with Crippen LogP contribution in [0.25, 0.3) is 11.2 Å². The van der Waals surface area contributed by atoms with Crippen LogP contribution in [0.15, 0.2) is 104 Å². The summed E-state index contributed by atoms with van der Waals surface area (Å²) in [5, 5.41) is 0. The van der Waals surface area contributed by atoms with Gasteiger partial charge in [0.15, 0.2) is 23.6 Å². The molecule has 1 aliphatic heterocycles. The van der Waals surface area contributed by atoms with Crippen LogP contribution in [-0.4, -0.2) is 61.8 Å². The summed E-state index contributed by atoms with van der Waals surface area (Å²) in [7, 11) is 0. The predicted molar refractivity (Wildman–Crippen MR) is 157 cm³/mol. The summed E-state index contributed by atoms with van der Waals surface area (Å²) in [6.45, 7) is 3.10. The van der Waals surface area contributed by atoms with Crippen LogP contribution in [0, 0.1) is 6.92 Å². The van der Waals surface area contributed by atoms with Gasteiger partial charge in [0.1, 0.15) is 24.6 Å². The molecule has 0 amide bonds. The van der Waals surface area contributed by atoms with E-state index in [0.29, 0.717) is 22.4 Å². The summed E-state index contributed by atoms with van der Waals surface area (Å²) in [6.07, 6.45) is -0.473. The van der Waals surface area contributed by atoms with E-state index >= 15 is 0 Å². The zero-order valence-corrected chi connectivity index (χ0v) is 23.9. The van der Waals surface area contributed by atoms with Crippen LogP contribution in [0.5, 0.6) is 0 Å². The molecule has 0 bridgehead atoms. The first-order chi connectivity index (χ1) is 21.3. The number of hydrogen-bond acceptors (Lipinski definition) is 10. The van der Waals surface area contributed by atoms with E-state index in [1.807, 2.05) is 0 Å². The number of benzene rings is 3. The van der Waals surface area contributed by atoms with Crippen molar-refractivity contribution in [1.29, 1.82) is 0 Å². The Kier molecular flexibility index (Phi) is 7.86. The van der Waals surface area contributed by atoms with Gasteiger partial charge in [-0.3, -0.25) is 4.57 Å². The second-order valence-corrected chi connectivity index (χ2v) is 10.4. The zero-order valence-electron chi connectivity index (χ0n) is 23.9. The first-order valence-electron chi connectivity index (χ1n) is 13.9. The molecule has 3 aromatic carbocycles. The summed E-state index contributed by atoms with van der Waals surface area (Å²) in [5.74, 6) is -1.93. The molecule has 11 nitrogen and oxygen atoms in total. The molecule has 0 saturated carbocycles. The van der Waals surface area contributed by atoms with E-state index < -0.39 is 41.9 Å². The van der Waals surface area contributed by atoms with Crippen molar-refractivity contribution in [2.24, 2.45) is 0 Å². The number of carbonyl (C=O) groups is 3. The Morgan fingerprint density at radius 1 is 0.795 bits per heavy atom. The molecule has 1 saturated heterocycles. The van der Waals surface area contributed by atoms with Crippen LogP contribution in [0.3, 0.4) is 0 Å². The molecule has 44 heavy (non-hydrogen) atoms. The van der Waals surface area contributed by atoms with Gasteiger partial charge in [-0.05, 0) is 50.2 Å². The van der Waals surface area contributed by atoms with E-state index in [9.17, 15) is 14.4 Å². The highest BCUT2D eigenvalue weighted by Gasteiger charge is 2.60. The van der Waals surface area contributed by atoms with E-state index in [4.69, 9.17) is 18.9 Å². The van der Waals surface area contributed by atoms with Crippen molar-refractivity contribution < 1.29 is 33.3 Å². The van der Waals surface area contributed by atoms with E-state index in [0.717, 1.165) is 0 Å². The second kappa shape index (κ2) is 12.1. The molecule has 0 unspecified atom stereocenters. The number of nitrogens with zero attached hydrogens (tertiary/aromatic N) is 4. The number of hydrogen-bond donors (Lipinski definition) is 0. The quantitative estimate of drug-likeness (QED) is 0.184. The number of aromatic nitrogens is 4. The molecule has 4 atom stereocenters. The first-order valence-corrected chi connectivity index (χ1v) is 13.9. The Labute approximate surface area is 252 Å². The molecule has 222 valence electrons. The van der Waals surface area contributed by atoms with Crippen LogP contribution >= 0.6 is 0 Å². The van der Waals surface area contributed by atoms with Crippen LogP contribution < -0.4 is 0 Å². The monoisotopic (exact) mass is 592 g/mol. The lowest BCUT2D eigenvalue weighted by Gasteiger charge is -2.34. The normalized spacial score (nSPS) is 21.1. The first kappa shape index (κ1) is 28.7. The lowest BCUT2D eigenvalue weighted by atomic mass is 9.95. The Bertz CT molecular complexity index is 1800. The third-order valence-corrected chi connectivity index (χ3v) is 7.44. The topological polar surface area (TPSA) is 132 Å². The molecule has 1 aliphatic rings. The van der Waals surface area contributed by atoms with Gasteiger partial charge in [0.25, 0.3) is 0 Å². The van der Waals surface area contributed by atoms with Gasteiger partial charge >= 0.3 is 17.9 Å². The standard InChI is InChI=1S/C33H28N4O7/c1-21-26-28(35-19-34-21)37(20-36-26)32-33(2,44-31(40)24-16-10-5-11-17-24)27(43-30(39)23-14-8-4-9-15-23)25(42-32)18-41-29(38)22-12-6-3-7-13-22/h3-17,19-20,25,27,32H,18H2,1-2H3/t25-,27-,32-,33-/m1/s1. The van der Waals surface area contributed by atoms with Gasteiger partial charge in [-0.2, -0.15) is 0 Å². The number of rotatable bonds is 8. The fourth-order valence-electron chi connectivity index (χ4n) is 5.20. The van der Waals surface area contributed by atoms with Crippen molar-refractivity contribution in [1.82, 2.24) is 19.5 Å². The lowest BCUT2D eigenvalue weighted by Crippen LogP contribution is -2.50. The van der Waals surface area contributed by atoms with Gasteiger partial charge < -0.3 is 18.9 Å². The number of imidazole rings is 1. The van der Waals surface area contributed by atoms with Crippen molar-refractivity contribution in [3.05, 3.63) is 126 Å². The number of esters is 3. The number of fused-ring (bicyclic) bond motifs is 1. The SMILES string of the molecule is Cc1ncnc2c1ncn2[C@@H]1O[C@H](COC(=O)c2ccccc2)[C@@H](OC(=O)c2ccccc2)[C@@]1(C)OC(=O)c1ccccc1. The average molecular weight is 593 g/mol. The van der Waals surface area contributed by atoms with Crippen molar-refractivity contribution in [3.63, 3.8) is 0 Å². The van der Waals surface area contributed by atoms with E-state index in [2.05, 4.69) is 15.0 Å². The Balaban J connectivity index is 1.41. The van der Waals surface area contributed by atoms with Crippen molar-refractivity contribution in [3.8, 4) is 0 Å². The third-order valence-electron chi connectivity index (χ3n) is 7.44. The lowest BCUT2D eigenvalue weighted by molar-refractivity contribution is -0.108. The summed E-state index contributed by atoms with van der Waals surface area (Å²) < 4.78 is 26.0. The maximum absolute atomic E-state index is 13.5. The number of aryl methyl sites for hydroxylation is 1. The number of carbonyl (C=O) groups excluding carboxylic acids is 3. The van der Waals surface area contributed by atoms with Crippen molar-refractivity contribution in [2.75, 3.05) is 6.61 Å². The summed E-state index contributed by atoms with van der Waals surface area (Å²) in [6, 6.07) is 25.3. The van der Waals surface area contributed by atoms with E-state index in [-0.39, 0.29) is 17.7 Å². The Morgan fingerprint density at radius 2 is 1.36 bits per heavy atom. The van der Waals surface area contributed by atoms with Crippen LogP contribution in [0.1, 0.15) is 49.9 Å². The smallest absolute Gasteiger partial charge is 0.338 e. The van der Waals surface area contributed by atoms with Gasteiger partial charge in [-0.25, -0.2) is 29.3 Å². The number of ether oxygens (including phenoxy) is 4. The van der Waals surface area contributed by atoms with E-state index in [1.54, 1.807) is 109 Å². The van der Waals surface area contributed by atoms with Crippen LogP contribution in [-0.2, 0) is 18.9 Å². The van der Waals surface area contributed by atoms with Gasteiger partial charge in [0, 0.05) is 0 Å². The fourth-order valence-corrected chi connectivity index (χ4v) is 5.20. The highest BCUT2D eigenvalue weighted by Crippen LogP contribution is 2.45. The molecule has 0 aliphatic carbocycles. The van der Waals surface area contributed by atoms with Crippen LogP contribution in [0.4, 0.5) is 0 Å². The predicted octanol–water partition coefficient (Wildman–Crippen LogP) is 4.73. The third kappa shape index (κ3) is 5.52. The Morgan fingerprint density at radius 3 is 1.98 bits per heavy atom. The van der Waals surface area contributed by atoms with Crippen LogP contribution in [0.2, 0.25) is 0 Å². The van der Waals surface area contributed by atoms with E-state index in [1.165, 1.54) is 12.7 Å². The second-order valence-electron chi connectivity index (χ2n) is 10.4. The maximum atomic E-state index is 13.5. The maximum Gasteiger partial charge on any atom is 0.338 e. The molecule has 5 aromatic rings. The fraction of sp³-hybridized carbons (Fsp3) is 0.212. The van der Waals surface area contributed by atoms with Gasteiger partial charge in [0.05, 0.1) is 28.7 Å². The molecule has 0 spiro atoms. The molecule has 1 fully saturated rings. The zero-order chi connectivity index (χ0) is 30.7.